The molecule has 5 unspecified atom stereocenters. The van der Waals surface area contributed by atoms with Gasteiger partial charge in [0.2, 0.25) is 0 Å². The Balaban J connectivity index is 4.07. The Hall–Kier alpha value is 0. The summed E-state index contributed by atoms with van der Waals surface area (Å²) < 4.78 is 0. The van der Waals surface area contributed by atoms with Crippen LogP contribution in [0, 0.1) is 35.0 Å². The molecule has 0 nitrogen and oxygen atoms in total. The molecule has 0 N–H and O–H groups in total. The van der Waals surface area contributed by atoms with Crippen LogP contribution in [-0.2, 0) is 0 Å². The highest BCUT2D eigenvalue weighted by molar-refractivity contribution is 4.76. The van der Waals surface area contributed by atoms with E-state index < -0.39 is 0 Å². The molecule has 0 radical (unpaired) electrons. The second kappa shape index (κ2) is 9.90. The highest BCUT2D eigenvalue weighted by Crippen LogP contribution is 2.36. The molecule has 21 heavy (non-hydrogen) atoms. The maximum atomic E-state index is 2.48. The highest BCUT2D eigenvalue weighted by atomic mass is 14.3. The van der Waals surface area contributed by atoms with E-state index in [1.807, 2.05) is 0 Å². The summed E-state index contributed by atoms with van der Waals surface area (Å²) in [5, 5.41) is 0. The smallest absolute Gasteiger partial charge is 0.0329 e. The predicted octanol–water partition coefficient (Wildman–Crippen LogP) is 7.57. The molecule has 0 aliphatic rings. The molecule has 0 aromatic heterocycles. The number of rotatable bonds is 11. The van der Waals surface area contributed by atoms with Gasteiger partial charge in [0, 0.05) is 0 Å². The van der Waals surface area contributed by atoms with Crippen molar-refractivity contribution in [3.63, 3.8) is 0 Å². The van der Waals surface area contributed by atoms with Gasteiger partial charge in [0.1, 0.15) is 0 Å². The van der Waals surface area contributed by atoms with Gasteiger partial charge in [0.05, 0.1) is 0 Å². The Morgan fingerprint density at radius 3 is 1.71 bits per heavy atom. The summed E-state index contributed by atoms with van der Waals surface area (Å²) in [6.07, 6.45) is 8.27. The zero-order valence-electron chi connectivity index (χ0n) is 16.6. The van der Waals surface area contributed by atoms with Gasteiger partial charge >= 0.3 is 0 Å². The molecule has 0 heterocycles. The molecule has 0 heteroatoms. The van der Waals surface area contributed by atoms with E-state index in [1.54, 1.807) is 0 Å². The Kier molecular flexibility index (Phi) is 9.90. The average molecular weight is 297 g/mol. The number of unbranched alkanes of at least 4 members (excludes halogenated alkanes) is 1. The number of hydrogen-bond donors (Lipinski definition) is 0. The zero-order chi connectivity index (χ0) is 16.6. The largest absolute Gasteiger partial charge is 0.0651 e. The van der Waals surface area contributed by atoms with E-state index in [2.05, 4.69) is 62.3 Å². The summed E-state index contributed by atoms with van der Waals surface area (Å²) in [5.41, 5.74) is 0.521. The molecule has 0 saturated carbocycles. The topological polar surface area (TPSA) is 0 Å². The average Bonchev–Trinajstić information content (AvgIpc) is 2.47. The van der Waals surface area contributed by atoms with Gasteiger partial charge in [-0.2, -0.15) is 0 Å². The molecular weight excluding hydrogens is 252 g/mol. The lowest BCUT2D eigenvalue weighted by Gasteiger charge is -2.32. The maximum Gasteiger partial charge on any atom is -0.0329 e. The van der Waals surface area contributed by atoms with Crippen molar-refractivity contribution in [3.8, 4) is 0 Å². The first-order chi connectivity index (χ1) is 9.67. The van der Waals surface area contributed by atoms with Crippen LogP contribution < -0.4 is 0 Å². The first-order valence-electron chi connectivity index (χ1n) is 9.67. The first kappa shape index (κ1) is 21.0. The van der Waals surface area contributed by atoms with Crippen LogP contribution in [0.1, 0.15) is 101 Å². The van der Waals surface area contributed by atoms with Crippen LogP contribution in [0.15, 0.2) is 0 Å². The standard InChI is InChI=1S/C21H44/c1-10-16(3)19(6)20(7)17(4)14-12-13-15-21(8,9)18(5)11-2/h16-20H,10-15H2,1-9H3. The van der Waals surface area contributed by atoms with Crippen LogP contribution in [0.2, 0.25) is 0 Å². The molecule has 0 spiro atoms. The fourth-order valence-corrected chi connectivity index (χ4v) is 3.52. The van der Waals surface area contributed by atoms with Crippen molar-refractivity contribution in [1.82, 2.24) is 0 Å². The molecule has 0 aromatic carbocycles. The van der Waals surface area contributed by atoms with Crippen LogP contribution in [0.5, 0.6) is 0 Å². The zero-order valence-corrected chi connectivity index (χ0v) is 16.6. The second-order valence-corrected chi connectivity index (χ2v) is 8.62. The minimum Gasteiger partial charge on any atom is -0.0651 e. The van der Waals surface area contributed by atoms with Gasteiger partial charge in [-0.25, -0.2) is 0 Å². The Morgan fingerprint density at radius 2 is 1.24 bits per heavy atom. The summed E-state index contributed by atoms with van der Waals surface area (Å²) in [4.78, 5) is 0. The third kappa shape index (κ3) is 7.20. The van der Waals surface area contributed by atoms with Crippen LogP contribution in [-0.4, -0.2) is 0 Å². The van der Waals surface area contributed by atoms with E-state index >= 15 is 0 Å². The first-order valence-corrected chi connectivity index (χ1v) is 9.67. The Bertz CT molecular complexity index is 253. The van der Waals surface area contributed by atoms with Crippen molar-refractivity contribution in [2.75, 3.05) is 0 Å². The Morgan fingerprint density at radius 1 is 0.714 bits per heavy atom. The van der Waals surface area contributed by atoms with E-state index in [4.69, 9.17) is 0 Å². The van der Waals surface area contributed by atoms with E-state index in [0.717, 1.165) is 29.6 Å². The molecule has 0 amide bonds. The molecule has 0 fully saturated rings. The summed E-state index contributed by atoms with van der Waals surface area (Å²) in [5.74, 6) is 4.32. The minimum absolute atomic E-state index is 0.521. The highest BCUT2D eigenvalue weighted by Gasteiger charge is 2.25. The van der Waals surface area contributed by atoms with Gasteiger partial charge in [-0.3, -0.25) is 0 Å². The van der Waals surface area contributed by atoms with E-state index in [0.29, 0.717) is 5.41 Å². The van der Waals surface area contributed by atoms with Crippen LogP contribution in [0.4, 0.5) is 0 Å². The van der Waals surface area contributed by atoms with Crippen molar-refractivity contribution in [1.29, 1.82) is 0 Å². The van der Waals surface area contributed by atoms with E-state index in [1.165, 1.54) is 38.5 Å². The fraction of sp³-hybridized carbons (Fsp3) is 1.00. The molecule has 0 saturated heterocycles. The normalized spacial score (nSPS) is 19.9. The molecule has 0 aliphatic heterocycles. The van der Waals surface area contributed by atoms with Crippen molar-refractivity contribution < 1.29 is 0 Å². The minimum atomic E-state index is 0.521. The molecule has 0 aromatic rings. The number of hydrogen-bond acceptors (Lipinski definition) is 0. The SMILES string of the molecule is CCC(C)C(C)C(C)C(C)CCCCC(C)(C)C(C)CC. The van der Waals surface area contributed by atoms with Gasteiger partial charge in [-0.1, -0.05) is 94.4 Å². The quantitative estimate of drug-likeness (QED) is 0.345. The van der Waals surface area contributed by atoms with Crippen LogP contribution in [0.3, 0.4) is 0 Å². The van der Waals surface area contributed by atoms with Crippen molar-refractivity contribution in [3.05, 3.63) is 0 Å². The molecule has 0 aliphatic carbocycles. The van der Waals surface area contributed by atoms with Gasteiger partial charge < -0.3 is 0 Å². The van der Waals surface area contributed by atoms with Crippen LogP contribution >= 0.6 is 0 Å². The molecule has 0 rings (SSSR count). The second-order valence-electron chi connectivity index (χ2n) is 8.62. The molecule has 128 valence electrons. The van der Waals surface area contributed by atoms with Crippen molar-refractivity contribution >= 4 is 0 Å². The third-order valence-corrected chi connectivity index (χ3v) is 6.95. The lowest BCUT2D eigenvalue weighted by Crippen LogP contribution is -2.23. The summed E-state index contributed by atoms with van der Waals surface area (Å²) in [7, 11) is 0. The summed E-state index contributed by atoms with van der Waals surface area (Å²) >= 11 is 0. The summed E-state index contributed by atoms with van der Waals surface area (Å²) in [6.45, 7) is 21.8. The Labute approximate surface area is 136 Å². The van der Waals surface area contributed by atoms with Gasteiger partial charge in [-0.15, -0.1) is 0 Å². The third-order valence-electron chi connectivity index (χ3n) is 6.95. The monoisotopic (exact) mass is 296 g/mol. The van der Waals surface area contributed by atoms with E-state index in [-0.39, 0.29) is 0 Å². The maximum absolute atomic E-state index is 2.48. The van der Waals surface area contributed by atoms with Crippen molar-refractivity contribution in [2.24, 2.45) is 35.0 Å². The predicted molar refractivity (Wildman–Crippen MR) is 98.7 cm³/mol. The van der Waals surface area contributed by atoms with Crippen molar-refractivity contribution in [2.45, 2.75) is 101 Å². The molecular formula is C21H44. The lowest BCUT2D eigenvalue weighted by atomic mass is 9.73. The van der Waals surface area contributed by atoms with Gasteiger partial charge in [0.15, 0.2) is 0 Å². The van der Waals surface area contributed by atoms with Crippen LogP contribution in [0.25, 0.3) is 0 Å². The summed E-state index contributed by atoms with van der Waals surface area (Å²) in [6, 6.07) is 0. The van der Waals surface area contributed by atoms with Gasteiger partial charge in [-0.05, 0) is 41.4 Å². The van der Waals surface area contributed by atoms with E-state index in [9.17, 15) is 0 Å². The lowest BCUT2D eigenvalue weighted by molar-refractivity contribution is 0.182. The fourth-order valence-electron chi connectivity index (χ4n) is 3.52. The van der Waals surface area contributed by atoms with Gasteiger partial charge in [0.25, 0.3) is 0 Å². The molecule has 5 atom stereocenters. The molecule has 0 bridgehead atoms.